The number of benzene rings is 10. The highest BCUT2D eigenvalue weighted by Gasteiger charge is 2.22. The maximum absolute atomic E-state index is 10.7. The molecule has 0 atom stereocenters. The van der Waals surface area contributed by atoms with Crippen molar-refractivity contribution in [2.75, 3.05) is 0 Å². The Balaban J connectivity index is 0.974. The van der Waals surface area contributed by atoms with E-state index in [2.05, 4.69) is 129 Å². The summed E-state index contributed by atoms with van der Waals surface area (Å²) in [4.78, 5) is 4.97. The number of nitrogens with zero attached hydrogens (tertiary/aromatic N) is 5. The number of nitriles is 1. The predicted molar refractivity (Wildman–Crippen MR) is 313 cm³/mol. The number of fused-ring (bicyclic) bond motifs is 4. The number of aromatic nitrogens is 4. The van der Waals surface area contributed by atoms with Gasteiger partial charge in [0.1, 0.15) is 17.3 Å². The Morgan fingerprint density at radius 2 is 1.16 bits per heavy atom. The van der Waals surface area contributed by atoms with Crippen LogP contribution in [-0.2, 0) is 5.41 Å². The van der Waals surface area contributed by atoms with E-state index in [1.807, 2.05) is 54.7 Å². The quantitative estimate of drug-likeness (QED) is 0.101. The first kappa shape index (κ1) is 36.8. The minimum Gasteiger partial charge on any atom is -0.458 e. The molecule has 0 unspecified atom stereocenters. The summed E-state index contributed by atoms with van der Waals surface area (Å²) in [7, 11) is 0. The molecule has 0 spiro atoms. The second kappa shape index (κ2) is 19.3. The predicted octanol–water partition coefficient (Wildman–Crippen LogP) is 17.5. The Bertz CT molecular complexity index is 4820. The lowest BCUT2D eigenvalue weighted by molar-refractivity contribution is -0.571. The van der Waals surface area contributed by atoms with Gasteiger partial charge in [0.05, 0.1) is 58.8 Å². The lowest BCUT2D eigenvalue weighted by atomic mass is 9.88. The molecule has 0 radical (unpaired) electrons. The van der Waals surface area contributed by atoms with Crippen LogP contribution in [0.5, 0.6) is 11.5 Å². The molecule has 3 aromatic heterocycles. The maximum Gasteiger partial charge on any atom is 0.269 e. The van der Waals surface area contributed by atoms with Gasteiger partial charge in [-0.3, -0.25) is 13.7 Å². The third-order valence-corrected chi connectivity index (χ3v) is 13.9. The van der Waals surface area contributed by atoms with E-state index in [4.69, 9.17) is 23.4 Å². The zero-order valence-corrected chi connectivity index (χ0v) is 42.1. The van der Waals surface area contributed by atoms with Crippen LogP contribution in [0, 0.1) is 17.7 Å². The Morgan fingerprint density at radius 3 is 1.81 bits per heavy atom. The van der Waals surface area contributed by atoms with Crippen LogP contribution in [-0.4, -0.2) is 14.1 Å². The van der Waals surface area contributed by atoms with E-state index in [-0.39, 0.29) is 38.9 Å². The Kier molecular flexibility index (Phi) is 9.22. The van der Waals surface area contributed by atoms with Gasteiger partial charge in [0.25, 0.3) is 6.33 Å². The van der Waals surface area contributed by atoms with Crippen LogP contribution in [0.25, 0.3) is 106 Å². The minimum atomic E-state index is -0.596. The monoisotopic (exact) mass is 999 g/mol. The molecule has 0 saturated carbocycles. The molecule has 0 aliphatic carbocycles. The van der Waals surface area contributed by atoms with E-state index in [0.717, 1.165) is 66.6 Å². The molecule has 10 aromatic carbocycles. The van der Waals surface area contributed by atoms with Gasteiger partial charge >= 0.3 is 0 Å². The van der Waals surface area contributed by atoms with E-state index in [0.29, 0.717) is 28.2 Å². The maximum atomic E-state index is 10.7. The zero-order valence-electron chi connectivity index (χ0n) is 52.1. The average Bonchev–Trinajstić information content (AvgIpc) is 1.90. The first-order chi connectivity index (χ1) is 41.9. The van der Waals surface area contributed by atoms with Gasteiger partial charge in [-0.05, 0) is 139 Å². The van der Waals surface area contributed by atoms with Gasteiger partial charge in [-0.25, -0.2) is 4.98 Å². The van der Waals surface area contributed by atoms with Gasteiger partial charge in [-0.1, -0.05) is 190 Å². The summed E-state index contributed by atoms with van der Waals surface area (Å²) in [6.07, 6.45) is 5.26. The van der Waals surface area contributed by atoms with Crippen LogP contribution in [0.4, 0.5) is 0 Å². The summed E-state index contributed by atoms with van der Waals surface area (Å²) in [5.41, 5.74) is 10.9. The van der Waals surface area contributed by atoms with Gasteiger partial charge < -0.3 is 4.74 Å². The zero-order chi connectivity index (χ0) is 60.7. The fourth-order valence-corrected chi connectivity index (χ4v) is 10.2. The molecule has 366 valence electrons. The van der Waals surface area contributed by atoms with Crippen molar-refractivity contribution in [3.63, 3.8) is 0 Å². The van der Waals surface area contributed by atoms with Crippen molar-refractivity contribution >= 4 is 32.8 Å². The smallest absolute Gasteiger partial charge is 0.269 e. The van der Waals surface area contributed by atoms with E-state index in [1.165, 1.54) is 0 Å². The first-order valence-corrected chi connectivity index (χ1v) is 25.2. The molecule has 0 aliphatic heterocycles. The largest absolute Gasteiger partial charge is 0.458 e. The molecule has 0 N–H and O–H groups in total. The van der Waals surface area contributed by atoms with E-state index >= 15 is 0 Å². The van der Waals surface area contributed by atoms with Gasteiger partial charge in [-0.2, -0.15) is 5.26 Å². The normalized spacial score (nSPS) is 13.4. The first-order valence-electron chi connectivity index (χ1n) is 30.2. The number of ether oxygens (including phenoxy) is 1. The lowest BCUT2D eigenvalue weighted by Gasteiger charge is -2.20. The van der Waals surface area contributed by atoms with Crippen molar-refractivity contribution in [1.82, 2.24) is 14.1 Å². The molecule has 3 heterocycles. The van der Waals surface area contributed by atoms with Crippen LogP contribution in [0.1, 0.15) is 45.6 Å². The summed E-state index contributed by atoms with van der Waals surface area (Å²) in [6, 6.07) is 57.9. The fourth-order valence-electron chi connectivity index (χ4n) is 10.2. The summed E-state index contributed by atoms with van der Waals surface area (Å²) >= 11 is 0. The molecule has 6 nitrogen and oxygen atoms in total. The van der Waals surface area contributed by atoms with Gasteiger partial charge in [0.15, 0.2) is 0 Å². The number of rotatable bonds is 10. The molecule has 13 aromatic rings. The number of hydrogen-bond acceptors (Lipinski definition) is 3. The number of imidazole rings is 1. The highest BCUT2D eigenvalue weighted by molar-refractivity contribution is 6.11. The standard InChI is InChI=1S/C71H51N5O/c1-71(2,3)57-35-36-73-69(43-57)76-65-34-31-53(56-40-54(49-19-8-4-9-20-49)39-55(41-56)50-21-10-5-11-22-50)42-64(65)63-33-32-59(45-68(63)76)77-60-38-48(46-72)37-58(44-60)74-47-75(67-30-17-16-29-66(67)74)70-61(51-23-12-6-13-24-51)27-18-28-62(70)52-25-14-7-15-26-52/h4-45H,1-3H3/i6D,7D,12D,13D,14D,15D,23D,24D,25D,26D. The topological polar surface area (TPSA) is 59.6 Å². The Labute approximate surface area is 462 Å². The summed E-state index contributed by atoms with van der Waals surface area (Å²) < 4.78 is 100. The second-order valence-electron chi connectivity index (χ2n) is 19.8. The summed E-state index contributed by atoms with van der Waals surface area (Å²) in [6.45, 7) is 6.52. The van der Waals surface area contributed by atoms with Crippen LogP contribution < -0.4 is 9.30 Å². The fraction of sp³-hybridized carbons (Fsp3) is 0.0563. The van der Waals surface area contributed by atoms with Gasteiger partial charge in [0.2, 0.25) is 0 Å². The third kappa shape index (κ3) is 8.80. The Morgan fingerprint density at radius 1 is 0.519 bits per heavy atom. The molecular weight excluding hydrogens is 939 g/mol. The van der Waals surface area contributed by atoms with Crippen molar-refractivity contribution in [3.8, 4) is 90.4 Å². The molecule has 0 saturated heterocycles. The molecule has 0 bridgehead atoms. The summed E-state index contributed by atoms with van der Waals surface area (Å²) in [5.74, 6) is 1.51. The van der Waals surface area contributed by atoms with Crippen LogP contribution in [0.2, 0.25) is 0 Å². The molecule has 0 amide bonds. The van der Waals surface area contributed by atoms with Crippen molar-refractivity contribution in [1.29, 1.82) is 5.26 Å². The third-order valence-electron chi connectivity index (χ3n) is 13.9. The number of para-hydroxylation sites is 3. The molecule has 0 aliphatic rings. The number of hydrogen-bond donors (Lipinski definition) is 0. The minimum absolute atomic E-state index is 0.106. The molecule has 13 rings (SSSR count). The highest BCUT2D eigenvalue weighted by atomic mass is 16.5. The van der Waals surface area contributed by atoms with E-state index in [1.54, 1.807) is 57.7 Å². The molecular formula is C71H51N5O. The van der Waals surface area contributed by atoms with Crippen molar-refractivity contribution in [2.24, 2.45) is 0 Å². The number of pyridine rings is 1. The van der Waals surface area contributed by atoms with Crippen molar-refractivity contribution in [3.05, 3.63) is 272 Å². The Hall–Kier alpha value is -10.1. The van der Waals surface area contributed by atoms with Crippen LogP contribution in [0.15, 0.2) is 255 Å². The SMILES string of the molecule is [2H]c1c([2H])c([2H])c(-c2cccc(-c3c([2H])c([2H])c([2H])c([2H])c3[2H])c2-[n+]2[c-]n(-c3cc(C#N)cc(Oc4ccc5c6cc(-c7cc(-c8ccccc8)cc(-c8ccccc8)c7)ccc6n(-c6cc(C(C)(C)C)ccn6)c5c4)c3)c3ccccc32)c([2H])c1[2H]. The molecule has 0 fully saturated rings. The van der Waals surface area contributed by atoms with Crippen molar-refractivity contribution in [2.45, 2.75) is 26.2 Å². The summed E-state index contributed by atoms with van der Waals surface area (Å²) in [5, 5.41) is 12.6. The molecule has 77 heavy (non-hydrogen) atoms. The molecule has 6 heteroatoms. The van der Waals surface area contributed by atoms with Crippen LogP contribution in [0.3, 0.4) is 0 Å². The highest BCUT2D eigenvalue weighted by Crippen LogP contribution is 2.41. The second-order valence-corrected chi connectivity index (χ2v) is 19.8. The van der Waals surface area contributed by atoms with Crippen LogP contribution >= 0.6 is 0 Å². The van der Waals surface area contributed by atoms with E-state index < -0.39 is 60.4 Å². The van der Waals surface area contributed by atoms with E-state index in [9.17, 15) is 5.26 Å². The lowest BCUT2D eigenvalue weighted by Crippen LogP contribution is -2.31. The van der Waals surface area contributed by atoms with Gasteiger partial charge in [0, 0.05) is 23.0 Å². The van der Waals surface area contributed by atoms with Crippen molar-refractivity contribution < 1.29 is 23.0 Å². The van der Waals surface area contributed by atoms with Gasteiger partial charge in [-0.15, -0.1) is 0 Å². The average molecular weight is 1000 g/mol.